The Kier molecular flexibility index (Phi) is 7.22. The molecule has 0 aliphatic rings. The molecule has 0 fully saturated rings. The molecule has 3 aromatic heterocycles. The van der Waals surface area contributed by atoms with Gasteiger partial charge in [0.15, 0.2) is 11.0 Å². The van der Waals surface area contributed by atoms with Crippen molar-refractivity contribution in [1.29, 1.82) is 0 Å². The van der Waals surface area contributed by atoms with Gasteiger partial charge in [-0.3, -0.25) is 4.79 Å². The van der Waals surface area contributed by atoms with Crippen molar-refractivity contribution in [2.75, 3.05) is 11.1 Å². The maximum atomic E-state index is 12.6. The van der Waals surface area contributed by atoms with Gasteiger partial charge in [-0.15, -0.1) is 32.9 Å². The van der Waals surface area contributed by atoms with Gasteiger partial charge in [-0.2, -0.15) is 0 Å². The van der Waals surface area contributed by atoms with E-state index in [0.717, 1.165) is 44.9 Å². The first kappa shape index (κ1) is 24.7. The van der Waals surface area contributed by atoms with Crippen molar-refractivity contribution in [1.82, 2.24) is 19.7 Å². The molecule has 0 radical (unpaired) electrons. The van der Waals surface area contributed by atoms with Crippen LogP contribution in [-0.4, -0.2) is 31.4 Å². The lowest BCUT2D eigenvalue weighted by molar-refractivity contribution is -0.113. The van der Waals surface area contributed by atoms with E-state index >= 15 is 0 Å². The average Bonchev–Trinajstić information content (AvgIpc) is 3.60. The normalized spacial score (nSPS) is 11.5. The van der Waals surface area contributed by atoms with Crippen LogP contribution in [0.3, 0.4) is 0 Å². The number of hydrogen-bond acceptors (Lipinski definition) is 7. The molecule has 2 aromatic carbocycles. The minimum Gasteiger partial charge on any atom is -0.325 e. The standard InChI is InChI=1S/C27H27N5OS3/c1-5-32-25(19-13-22(16(2)3)34-14-19)30-31-27(32)35-15-24(33)28-20-9-7-18(8-10-20)26-29-21-11-6-17(4)12-23(21)36-26/h6-14,16H,5,15H2,1-4H3,(H,28,33). The number of aromatic nitrogens is 4. The molecule has 3 heterocycles. The Balaban J connectivity index is 1.22. The number of nitrogens with one attached hydrogen (secondary N) is 1. The lowest BCUT2D eigenvalue weighted by Crippen LogP contribution is -2.14. The van der Waals surface area contributed by atoms with Crippen LogP contribution in [0.5, 0.6) is 0 Å². The molecule has 0 aliphatic heterocycles. The molecule has 0 saturated heterocycles. The monoisotopic (exact) mass is 533 g/mol. The number of aryl methyl sites for hydroxylation is 1. The van der Waals surface area contributed by atoms with Gasteiger partial charge < -0.3 is 9.88 Å². The van der Waals surface area contributed by atoms with Gasteiger partial charge in [0, 0.05) is 33.6 Å². The molecular formula is C27H27N5OS3. The predicted octanol–water partition coefficient (Wildman–Crippen LogP) is 7.47. The molecule has 0 spiro atoms. The van der Waals surface area contributed by atoms with Crippen LogP contribution in [0, 0.1) is 6.92 Å². The smallest absolute Gasteiger partial charge is 0.234 e. The quantitative estimate of drug-likeness (QED) is 0.210. The average molecular weight is 534 g/mol. The van der Waals surface area contributed by atoms with E-state index in [4.69, 9.17) is 4.98 Å². The third kappa shape index (κ3) is 5.23. The first-order valence-electron chi connectivity index (χ1n) is 11.8. The highest BCUT2D eigenvalue weighted by Crippen LogP contribution is 2.32. The Labute approximate surface area is 222 Å². The summed E-state index contributed by atoms with van der Waals surface area (Å²) in [5.74, 6) is 1.52. The van der Waals surface area contributed by atoms with Crippen molar-refractivity contribution in [3.63, 3.8) is 0 Å². The molecule has 36 heavy (non-hydrogen) atoms. The second-order valence-electron chi connectivity index (χ2n) is 8.85. The number of carbonyl (C=O) groups excluding carboxylic acids is 1. The van der Waals surface area contributed by atoms with Crippen LogP contribution in [0.25, 0.3) is 32.2 Å². The largest absolute Gasteiger partial charge is 0.325 e. The fraction of sp³-hybridized carbons (Fsp3) is 0.259. The molecule has 0 bridgehead atoms. The van der Waals surface area contributed by atoms with E-state index in [-0.39, 0.29) is 11.7 Å². The zero-order chi connectivity index (χ0) is 25.2. The van der Waals surface area contributed by atoms with Crippen LogP contribution in [-0.2, 0) is 11.3 Å². The zero-order valence-corrected chi connectivity index (χ0v) is 23.1. The molecule has 0 saturated carbocycles. The summed E-state index contributed by atoms with van der Waals surface area (Å²) >= 11 is 4.83. The van der Waals surface area contributed by atoms with E-state index in [1.54, 1.807) is 22.7 Å². The number of thiophene rings is 1. The number of anilines is 1. The molecule has 0 aliphatic carbocycles. The summed E-state index contributed by atoms with van der Waals surface area (Å²) in [7, 11) is 0. The summed E-state index contributed by atoms with van der Waals surface area (Å²) in [6.45, 7) is 9.28. The van der Waals surface area contributed by atoms with E-state index in [2.05, 4.69) is 77.4 Å². The second kappa shape index (κ2) is 10.5. The summed E-state index contributed by atoms with van der Waals surface area (Å²) < 4.78 is 3.25. The van der Waals surface area contributed by atoms with Crippen LogP contribution in [0.4, 0.5) is 5.69 Å². The third-order valence-electron chi connectivity index (χ3n) is 5.77. The Bertz CT molecular complexity index is 1510. The lowest BCUT2D eigenvalue weighted by atomic mass is 10.1. The Morgan fingerprint density at radius 3 is 2.61 bits per heavy atom. The van der Waals surface area contributed by atoms with Crippen molar-refractivity contribution in [3.8, 4) is 22.0 Å². The fourth-order valence-electron chi connectivity index (χ4n) is 3.85. The van der Waals surface area contributed by atoms with Crippen molar-refractivity contribution in [3.05, 3.63) is 64.4 Å². The molecule has 9 heteroatoms. The first-order chi connectivity index (χ1) is 17.4. The summed E-state index contributed by atoms with van der Waals surface area (Å²) in [6, 6.07) is 16.3. The highest BCUT2D eigenvalue weighted by atomic mass is 32.2. The number of benzene rings is 2. The van der Waals surface area contributed by atoms with Gasteiger partial charge in [0.05, 0.1) is 16.0 Å². The van der Waals surface area contributed by atoms with Gasteiger partial charge in [-0.25, -0.2) is 4.98 Å². The van der Waals surface area contributed by atoms with Crippen molar-refractivity contribution < 1.29 is 4.79 Å². The minimum absolute atomic E-state index is 0.0759. The van der Waals surface area contributed by atoms with Crippen LogP contribution >= 0.6 is 34.4 Å². The third-order valence-corrected chi connectivity index (χ3v) is 9.04. The van der Waals surface area contributed by atoms with Crippen LogP contribution in [0.15, 0.2) is 59.1 Å². The van der Waals surface area contributed by atoms with E-state index in [1.165, 1.54) is 26.9 Å². The Morgan fingerprint density at radius 1 is 1.08 bits per heavy atom. The van der Waals surface area contributed by atoms with Gasteiger partial charge in [-0.05, 0) is 67.8 Å². The number of nitrogens with zero attached hydrogens (tertiary/aromatic N) is 4. The lowest BCUT2D eigenvalue weighted by Gasteiger charge is -2.08. The number of thioether (sulfide) groups is 1. The van der Waals surface area contributed by atoms with Gasteiger partial charge in [-0.1, -0.05) is 31.7 Å². The maximum Gasteiger partial charge on any atom is 0.234 e. The maximum absolute atomic E-state index is 12.6. The number of fused-ring (bicyclic) bond motifs is 1. The zero-order valence-electron chi connectivity index (χ0n) is 20.6. The summed E-state index contributed by atoms with van der Waals surface area (Å²) in [5.41, 5.74) is 5.13. The Hall–Kier alpha value is -3.01. The molecule has 5 rings (SSSR count). The molecule has 184 valence electrons. The van der Waals surface area contributed by atoms with Crippen LogP contribution < -0.4 is 5.32 Å². The summed E-state index contributed by atoms with van der Waals surface area (Å²) in [4.78, 5) is 18.7. The van der Waals surface area contributed by atoms with Gasteiger partial charge >= 0.3 is 0 Å². The van der Waals surface area contributed by atoms with Crippen LogP contribution in [0.1, 0.15) is 37.1 Å². The second-order valence-corrected chi connectivity index (χ2v) is 11.8. The number of carbonyl (C=O) groups is 1. The van der Waals surface area contributed by atoms with Crippen molar-refractivity contribution in [2.45, 2.75) is 45.3 Å². The van der Waals surface area contributed by atoms with Crippen LogP contribution in [0.2, 0.25) is 0 Å². The number of amides is 1. The predicted molar refractivity (Wildman–Crippen MR) is 152 cm³/mol. The van der Waals surface area contributed by atoms with E-state index < -0.39 is 0 Å². The van der Waals surface area contributed by atoms with E-state index in [1.807, 2.05) is 24.3 Å². The SMILES string of the molecule is CCn1c(SCC(=O)Nc2ccc(-c3nc4ccc(C)cc4s3)cc2)nnc1-c1csc(C(C)C)c1. The molecule has 5 aromatic rings. The van der Waals surface area contributed by atoms with Crippen molar-refractivity contribution >= 4 is 56.2 Å². The highest BCUT2D eigenvalue weighted by Gasteiger charge is 2.17. The van der Waals surface area contributed by atoms with E-state index in [9.17, 15) is 4.79 Å². The summed E-state index contributed by atoms with van der Waals surface area (Å²) in [6.07, 6.45) is 0. The highest BCUT2D eigenvalue weighted by molar-refractivity contribution is 7.99. The van der Waals surface area contributed by atoms with Crippen molar-refractivity contribution in [2.24, 2.45) is 0 Å². The van der Waals surface area contributed by atoms with Gasteiger partial charge in [0.1, 0.15) is 5.01 Å². The minimum atomic E-state index is -0.0759. The fourth-order valence-corrected chi connectivity index (χ4v) is 6.62. The number of thiazole rings is 1. The molecule has 1 amide bonds. The molecule has 1 N–H and O–H groups in total. The number of rotatable bonds is 8. The van der Waals surface area contributed by atoms with Gasteiger partial charge in [0.2, 0.25) is 5.91 Å². The first-order valence-corrected chi connectivity index (χ1v) is 14.5. The number of hydrogen-bond donors (Lipinski definition) is 1. The van der Waals surface area contributed by atoms with E-state index in [0.29, 0.717) is 5.92 Å². The molecule has 0 unspecified atom stereocenters. The molecular weight excluding hydrogens is 507 g/mol. The topological polar surface area (TPSA) is 72.7 Å². The Morgan fingerprint density at radius 2 is 1.89 bits per heavy atom. The molecule has 6 nitrogen and oxygen atoms in total. The molecule has 0 atom stereocenters. The van der Waals surface area contributed by atoms with Gasteiger partial charge in [0.25, 0.3) is 0 Å². The summed E-state index contributed by atoms with van der Waals surface area (Å²) in [5, 5.41) is 15.6.